The summed E-state index contributed by atoms with van der Waals surface area (Å²) in [7, 11) is 0. The lowest BCUT2D eigenvalue weighted by molar-refractivity contribution is 0.368. The first kappa shape index (κ1) is 9.93. The number of rotatable bonds is 3. The van der Waals surface area contributed by atoms with E-state index in [2.05, 4.69) is 4.99 Å². The van der Waals surface area contributed by atoms with Crippen LogP contribution in [0.2, 0.25) is 0 Å². The largest absolute Gasteiger partial charge is 0.508 e. The molecule has 0 fully saturated rings. The predicted octanol–water partition coefficient (Wildman–Crippen LogP) is 0.815. The van der Waals surface area contributed by atoms with Crippen LogP contribution in [-0.4, -0.2) is 29.0 Å². The summed E-state index contributed by atoms with van der Waals surface area (Å²) < 4.78 is 0. The summed E-state index contributed by atoms with van der Waals surface area (Å²) >= 11 is 1.67. The van der Waals surface area contributed by atoms with Crippen LogP contribution in [0.5, 0.6) is 0 Å². The lowest BCUT2D eigenvalue weighted by Crippen LogP contribution is -2.11. The average molecular weight is 197 g/mol. The molecule has 0 amide bonds. The van der Waals surface area contributed by atoms with E-state index >= 15 is 0 Å². The predicted molar refractivity (Wildman–Crippen MR) is 53.7 cm³/mol. The molecule has 1 rings (SSSR count). The second kappa shape index (κ2) is 4.19. The first-order chi connectivity index (χ1) is 6.20. The van der Waals surface area contributed by atoms with Gasteiger partial charge in [0.1, 0.15) is 29.3 Å². The fourth-order valence-corrected chi connectivity index (χ4v) is 1.60. The Hall–Kier alpha value is -1.15. The van der Waals surface area contributed by atoms with Crippen LogP contribution in [-0.2, 0) is 0 Å². The Morgan fingerprint density at radius 3 is 2.92 bits per heavy atom. The van der Waals surface area contributed by atoms with Crippen molar-refractivity contribution in [1.29, 1.82) is 5.26 Å². The number of hydrogen-bond donors (Lipinski definition) is 2. The molecule has 1 heterocycles. The maximum Gasteiger partial charge on any atom is 0.140 e. The molecule has 0 aromatic heterocycles. The zero-order chi connectivity index (χ0) is 9.84. The Balaban J connectivity index is 2.73. The fourth-order valence-electron chi connectivity index (χ4n) is 1.14. The topological polar surface area (TPSA) is 82.4 Å². The molecular weight excluding hydrogens is 186 g/mol. The molecular formula is C8H11N3OS. The SMILES string of the molecule is CSCC[C@H]1N=C(N)C(C#N)=C1O. The van der Waals surface area contributed by atoms with Gasteiger partial charge in [0.05, 0.1) is 0 Å². The van der Waals surface area contributed by atoms with E-state index in [0.717, 1.165) is 12.2 Å². The van der Waals surface area contributed by atoms with Crippen molar-refractivity contribution >= 4 is 17.6 Å². The highest BCUT2D eigenvalue weighted by Crippen LogP contribution is 2.21. The number of nitrogens with zero attached hydrogens (tertiary/aromatic N) is 2. The van der Waals surface area contributed by atoms with Crippen molar-refractivity contribution in [3.05, 3.63) is 11.3 Å². The molecule has 1 aliphatic rings. The van der Waals surface area contributed by atoms with Gasteiger partial charge in [-0.15, -0.1) is 0 Å². The average Bonchev–Trinajstić information content (AvgIpc) is 2.38. The first-order valence-electron chi connectivity index (χ1n) is 3.86. The van der Waals surface area contributed by atoms with Gasteiger partial charge in [-0.25, -0.2) is 0 Å². The third kappa shape index (κ3) is 1.95. The molecule has 70 valence electrons. The van der Waals surface area contributed by atoms with Crippen LogP contribution in [0.1, 0.15) is 6.42 Å². The fraction of sp³-hybridized carbons (Fsp3) is 0.500. The summed E-state index contributed by atoms with van der Waals surface area (Å²) in [5, 5.41) is 18.1. The molecule has 3 N–H and O–H groups in total. The lowest BCUT2D eigenvalue weighted by atomic mass is 10.1. The van der Waals surface area contributed by atoms with Crippen molar-refractivity contribution in [2.75, 3.05) is 12.0 Å². The molecule has 0 aliphatic carbocycles. The molecule has 0 bridgehead atoms. The van der Waals surface area contributed by atoms with Crippen molar-refractivity contribution in [3.8, 4) is 6.07 Å². The first-order valence-corrected chi connectivity index (χ1v) is 5.26. The summed E-state index contributed by atoms with van der Waals surface area (Å²) in [6.45, 7) is 0. The number of aliphatic hydroxyl groups is 1. The maximum absolute atomic E-state index is 9.50. The third-order valence-corrected chi connectivity index (χ3v) is 2.47. The summed E-state index contributed by atoms with van der Waals surface area (Å²) in [5.74, 6) is 1.07. The molecule has 0 saturated heterocycles. The standard InChI is InChI=1S/C8H11N3OS/c1-13-3-2-6-7(12)5(4-9)8(10)11-6/h6,12H,2-3H2,1H3,(H2,10,11)/t6-/m1/s1. The summed E-state index contributed by atoms with van der Waals surface area (Å²) in [4.78, 5) is 3.99. The zero-order valence-electron chi connectivity index (χ0n) is 7.32. The number of amidine groups is 1. The highest BCUT2D eigenvalue weighted by atomic mass is 32.2. The number of hydrogen-bond acceptors (Lipinski definition) is 5. The van der Waals surface area contributed by atoms with Crippen LogP contribution < -0.4 is 5.73 Å². The number of nitriles is 1. The molecule has 0 aromatic rings. The van der Waals surface area contributed by atoms with E-state index in [1.807, 2.05) is 12.3 Å². The summed E-state index contributed by atoms with van der Waals surface area (Å²) in [6.07, 6.45) is 2.70. The monoisotopic (exact) mass is 197 g/mol. The Kier molecular flexibility index (Phi) is 3.20. The summed E-state index contributed by atoms with van der Waals surface area (Å²) in [6, 6.07) is 1.53. The van der Waals surface area contributed by atoms with Gasteiger partial charge in [-0.05, 0) is 18.4 Å². The van der Waals surface area contributed by atoms with E-state index in [-0.39, 0.29) is 23.2 Å². The van der Waals surface area contributed by atoms with Crippen LogP contribution in [0.25, 0.3) is 0 Å². The van der Waals surface area contributed by atoms with Crippen LogP contribution in [0.15, 0.2) is 16.3 Å². The van der Waals surface area contributed by atoms with E-state index in [0.29, 0.717) is 0 Å². The van der Waals surface area contributed by atoms with Gasteiger partial charge in [-0.3, -0.25) is 4.99 Å². The summed E-state index contributed by atoms with van der Waals surface area (Å²) in [5.41, 5.74) is 5.58. The zero-order valence-corrected chi connectivity index (χ0v) is 8.14. The Morgan fingerprint density at radius 1 is 1.77 bits per heavy atom. The van der Waals surface area contributed by atoms with Gasteiger partial charge in [-0.1, -0.05) is 0 Å². The van der Waals surface area contributed by atoms with Gasteiger partial charge in [0, 0.05) is 0 Å². The van der Waals surface area contributed by atoms with Crippen molar-refractivity contribution in [3.63, 3.8) is 0 Å². The molecule has 5 heteroatoms. The normalized spacial score (nSPS) is 21.5. The minimum atomic E-state index is -0.304. The van der Waals surface area contributed by atoms with E-state index in [4.69, 9.17) is 11.0 Å². The van der Waals surface area contributed by atoms with E-state index in [1.54, 1.807) is 11.8 Å². The second-order valence-corrected chi connectivity index (χ2v) is 3.67. The van der Waals surface area contributed by atoms with Crippen LogP contribution in [0.4, 0.5) is 0 Å². The van der Waals surface area contributed by atoms with Crippen molar-refractivity contribution in [2.45, 2.75) is 12.5 Å². The van der Waals surface area contributed by atoms with Gasteiger partial charge in [-0.2, -0.15) is 17.0 Å². The number of aliphatic imine (C=N–C) groups is 1. The minimum Gasteiger partial charge on any atom is -0.508 e. The molecule has 0 aromatic carbocycles. The van der Waals surface area contributed by atoms with Crippen LogP contribution in [0.3, 0.4) is 0 Å². The van der Waals surface area contributed by atoms with Crippen molar-refractivity contribution in [1.82, 2.24) is 0 Å². The van der Waals surface area contributed by atoms with Crippen LogP contribution in [0, 0.1) is 11.3 Å². The van der Waals surface area contributed by atoms with E-state index in [9.17, 15) is 5.11 Å². The van der Waals surface area contributed by atoms with Crippen molar-refractivity contribution < 1.29 is 5.11 Å². The molecule has 13 heavy (non-hydrogen) atoms. The molecule has 1 atom stereocenters. The van der Waals surface area contributed by atoms with Gasteiger partial charge in [0.25, 0.3) is 0 Å². The highest BCUT2D eigenvalue weighted by molar-refractivity contribution is 7.98. The second-order valence-electron chi connectivity index (χ2n) is 2.68. The minimum absolute atomic E-state index is 0.0223. The lowest BCUT2D eigenvalue weighted by Gasteiger charge is -2.05. The quantitative estimate of drug-likeness (QED) is 0.701. The number of thioether (sulfide) groups is 1. The third-order valence-electron chi connectivity index (χ3n) is 1.83. The Morgan fingerprint density at radius 2 is 2.46 bits per heavy atom. The molecule has 0 saturated carbocycles. The molecule has 0 radical (unpaired) electrons. The Labute approximate surface area is 81.1 Å². The van der Waals surface area contributed by atoms with Gasteiger partial charge in [0.15, 0.2) is 0 Å². The van der Waals surface area contributed by atoms with Crippen LogP contribution >= 0.6 is 11.8 Å². The van der Waals surface area contributed by atoms with E-state index in [1.165, 1.54) is 0 Å². The van der Waals surface area contributed by atoms with Gasteiger partial charge in [0.2, 0.25) is 0 Å². The maximum atomic E-state index is 9.50. The number of nitrogens with two attached hydrogens (primary N) is 1. The molecule has 0 unspecified atom stereocenters. The van der Waals surface area contributed by atoms with Gasteiger partial charge < -0.3 is 10.8 Å². The highest BCUT2D eigenvalue weighted by Gasteiger charge is 2.25. The van der Waals surface area contributed by atoms with Crippen molar-refractivity contribution in [2.24, 2.45) is 10.7 Å². The van der Waals surface area contributed by atoms with E-state index < -0.39 is 0 Å². The molecule has 0 spiro atoms. The number of aliphatic hydroxyl groups excluding tert-OH is 1. The molecule has 4 nitrogen and oxygen atoms in total. The smallest absolute Gasteiger partial charge is 0.140 e. The molecule has 1 aliphatic heterocycles. The Bertz CT molecular complexity index is 303. The van der Waals surface area contributed by atoms with Gasteiger partial charge >= 0.3 is 0 Å².